The second-order valence-electron chi connectivity index (χ2n) is 5.04. The number of carboxylic acids is 1. The van der Waals surface area contributed by atoms with E-state index >= 15 is 0 Å². The van der Waals surface area contributed by atoms with Crippen LogP contribution in [0.25, 0.3) is 0 Å². The predicted octanol–water partition coefficient (Wildman–Crippen LogP) is 4.55. The van der Waals surface area contributed by atoms with Gasteiger partial charge in [0.05, 0.1) is 16.6 Å². The number of esters is 1. The van der Waals surface area contributed by atoms with Crippen molar-refractivity contribution in [3.05, 3.63) is 58.1 Å². The number of benzene rings is 2. The van der Waals surface area contributed by atoms with Gasteiger partial charge in [-0.05, 0) is 52.7 Å². The highest BCUT2D eigenvalue weighted by atomic mass is 79.9. The molecule has 0 aliphatic carbocycles. The van der Waals surface area contributed by atoms with E-state index in [0.29, 0.717) is 22.4 Å². The molecule has 0 bridgehead atoms. The molecule has 126 valence electrons. The van der Waals surface area contributed by atoms with Crippen LogP contribution in [-0.4, -0.2) is 23.7 Å². The molecule has 0 fully saturated rings. The van der Waals surface area contributed by atoms with Crippen LogP contribution in [0.2, 0.25) is 0 Å². The van der Waals surface area contributed by atoms with Gasteiger partial charge < -0.3 is 14.6 Å². The van der Waals surface area contributed by atoms with Crippen molar-refractivity contribution in [3.8, 4) is 11.5 Å². The number of carboxylic acid groups (broad SMARTS) is 1. The van der Waals surface area contributed by atoms with Gasteiger partial charge in [-0.3, -0.25) is 0 Å². The van der Waals surface area contributed by atoms with Crippen LogP contribution in [0, 0.1) is 0 Å². The first kappa shape index (κ1) is 18.0. The fraction of sp³-hybridized carbons (Fsp3) is 0.222. The van der Waals surface area contributed by atoms with E-state index in [-0.39, 0.29) is 11.3 Å². The third-order valence-corrected chi connectivity index (χ3v) is 3.86. The molecule has 2 aromatic rings. The molecule has 0 saturated carbocycles. The molecule has 2 aromatic carbocycles. The molecule has 0 aliphatic rings. The maximum absolute atomic E-state index is 12.2. The quantitative estimate of drug-likeness (QED) is 0.425. The van der Waals surface area contributed by atoms with Crippen molar-refractivity contribution in [3.63, 3.8) is 0 Å². The van der Waals surface area contributed by atoms with Gasteiger partial charge in [-0.1, -0.05) is 25.5 Å². The first-order valence-electron chi connectivity index (χ1n) is 7.49. The molecular formula is C18H17BrO5. The van der Waals surface area contributed by atoms with E-state index in [1.165, 1.54) is 12.1 Å². The lowest BCUT2D eigenvalue weighted by Crippen LogP contribution is -2.11. The molecular weight excluding hydrogens is 376 g/mol. The fourth-order valence-corrected chi connectivity index (χ4v) is 2.46. The number of ether oxygens (including phenoxy) is 2. The molecule has 0 aliphatic heterocycles. The van der Waals surface area contributed by atoms with Crippen LogP contribution in [-0.2, 0) is 0 Å². The summed E-state index contributed by atoms with van der Waals surface area (Å²) in [5, 5.41) is 9.12. The van der Waals surface area contributed by atoms with Crippen LogP contribution in [0.3, 0.4) is 0 Å². The Morgan fingerprint density at radius 3 is 2.54 bits per heavy atom. The summed E-state index contributed by atoms with van der Waals surface area (Å²) in [5.74, 6) is -1.14. The molecule has 1 N–H and O–H groups in total. The van der Waals surface area contributed by atoms with Crippen LogP contribution in [0.1, 0.15) is 40.5 Å². The monoisotopic (exact) mass is 392 g/mol. The fourth-order valence-electron chi connectivity index (χ4n) is 1.96. The number of rotatable bonds is 7. The van der Waals surface area contributed by atoms with Crippen LogP contribution in [0.4, 0.5) is 0 Å². The second kappa shape index (κ2) is 8.49. The highest BCUT2D eigenvalue weighted by molar-refractivity contribution is 9.10. The Morgan fingerprint density at radius 2 is 1.88 bits per heavy atom. The average Bonchev–Trinajstić information content (AvgIpc) is 2.56. The summed E-state index contributed by atoms with van der Waals surface area (Å²) in [5.41, 5.74) is 0.231. The molecule has 0 radical (unpaired) electrons. The van der Waals surface area contributed by atoms with E-state index in [1.807, 2.05) is 0 Å². The van der Waals surface area contributed by atoms with Crippen molar-refractivity contribution < 1.29 is 24.2 Å². The normalized spacial score (nSPS) is 10.2. The highest BCUT2D eigenvalue weighted by Gasteiger charge is 2.16. The average molecular weight is 393 g/mol. The number of unbranched alkanes of at least 4 members (excludes halogenated alkanes) is 1. The summed E-state index contributed by atoms with van der Waals surface area (Å²) in [4.78, 5) is 23.4. The maximum atomic E-state index is 12.2. The zero-order valence-electron chi connectivity index (χ0n) is 13.1. The van der Waals surface area contributed by atoms with E-state index in [0.717, 1.165) is 12.8 Å². The number of hydrogen-bond acceptors (Lipinski definition) is 4. The molecule has 24 heavy (non-hydrogen) atoms. The first-order chi connectivity index (χ1) is 11.5. The van der Waals surface area contributed by atoms with E-state index in [2.05, 4.69) is 22.9 Å². The lowest BCUT2D eigenvalue weighted by Gasteiger charge is -2.10. The maximum Gasteiger partial charge on any atom is 0.343 e. The largest absolute Gasteiger partial charge is 0.492 e. The minimum absolute atomic E-state index is 0.00870. The molecule has 0 heterocycles. The van der Waals surface area contributed by atoms with E-state index in [9.17, 15) is 9.59 Å². The summed E-state index contributed by atoms with van der Waals surface area (Å²) >= 11 is 3.36. The Bertz CT molecular complexity index is 742. The number of hydrogen-bond donors (Lipinski definition) is 1. The zero-order chi connectivity index (χ0) is 17.5. The topological polar surface area (TPSA) is 72.8 Å². The minimum Gasteiger partial charge on any atom is -0.492 e. The molecule has 0 spiro atoms. The number of para-hydroxylation sites is 1. The van der Waals surface area contributed by atoms with E-state index in [1.54, 1.807) is 30.3 Å². The molecule has 0 unspecified atom stereocenters. The second-order valence-corrected chi connectivity index (χ2v) is 5.89. The third-order valence-electron chi connectivity index (χ3n) is 3.24. The van der Waals surface area contributed by atoms with Gasteiger partial charge in [0.1, 0.15) is 17.1 Å². The first-order valence-corrected chi connectivity index (χ1v) is 8.29. The van der Waals surface area contributed by atoms with Crippen molar-refractivity contribution in [1.82, 2.24) is 0 Å². The molecule has 6 heteroatoms. The molecule has 0 atom stereocenters. The van der Waals surface area contributed by atoms with Crippen molar-refractivity contribution in [2.45, 2.75) is 19.8 Å². The van der Waals surface area contributed by atoms with Gasteiger partial charge in [-0.2, -0.15) is 0 Å². The van der Waals surface area contributed by atoms with Gasteiger partial charge >= 0.3 is 11.9 Å². The number of halogens is 1. The molecule has 2 rings (SSSR count). The van der Waals surface area contributed by atoms with Crippen molar-refractivity contribution in [2.75, 3.05) is 6.61 Å². The van der Waals surface area contributed by atoms with Gasteiger partial charge in [-0.15, -0.1) is 0 Å². The van der Waals surface area contributed by atoms with E-state index < -0.39 is 11.9 Å². The predicted molar refractivity (Wildman–Crippen MR) is 92.9 cm³/mol. The Balaban J connectivity index is 2.13. The van der Waals surface area contributed by atoms with Crippen molar-refractivity contribution >= 4 is 27.9 Å². The van der Waals surface area contributed by atoms with Gasteiger partial charge in [0, 0.05) is 0 Å². The summed E-state index contributed by atoms with van der Waals surface area (Å²) in [6.07, 6.45) is 1.98. The molecule has 0 saturated heterocycles. The van der Waals surface area contributed by atoms with Gasteiger partial charge in [0.2, 0.25) is 0 Å². The summed E-state index contributed by atoms with van der Waals surface area (Å²) in [6.45, 7) is 2.68. The smallest absolute Gasteiger partial charge is 0.343 e. The minimum atomic E-state index is -1.15. The van der Waals surface area contributed by atoms with Crippen molar-refractivity contribution in [1.29, 1.82) is 0 Å². The Kier molecular flexibility index (Phi) is 6.37. The molecule has 0 aromatic heterocycles. The lowest BCUT2D eigenvalue weighted by molar-refractivity contribution is 0.0681. The van der Waals surface area contributed by atoms with Crippen LogP contribution in [0.5, 0.6) is 11.5 Å². The summed E-state index contributed by atoms with van der Waals surface area (Å²) in [7, 11) is 0. The Hall–Kier alpha value is -2.34. The van der Waals surface area contributed by atoms with Gasteiger partial charge in [0.15, 0.2) is 0 Å². The van der Waals surface area contributed by atoms with Crippen LogP contribution >= 0.6 is 15.9 Å². The number of aromatic carboxylic acids is 1. The highest BCUT2D eigenvalue weighted by Crippen LogP contribution is 2.27. The number of carbonyl (C=O) groups is 2. The summed E-state index contributed by atoms with van der Waals surface area (Å²) < 4.78 is 11.4. The number of carbonyl (C=O) groups excluding carboxylic acids is 1. The van der Waals surface area contributed by atoms with Crippen LogP contribution < -0.4 is 9.47 Å². The Morgan fingerprint density at radius 1 is 1.12 bits per heavy atom. The van der Waals surface area contributed by atoms with Crippen LogP contribution in [0.15, 0.2) is 46.9 Å². The standard InChI is InChI=1S/C18H17BrO5/c1-2-3-10-23-16-9-8-12(11-14(16)19)18(22)24-15-7-5-4-6-13(15)17(20)21/h4-9,11H,2-3,10H2,1H3,(H,20,21). The van der Waals surface area contributed by atoms with E-state index in [4.69, 9.17) is 14.6 Å². The molecule has 5 nitrogen and oxygen atoms in total. The van der Waals surface area contributed by atoms with Gasteiger partial charge in [-0.25, -0.2) is 9.59 Å². The molecule has 0 amide bonds. The summed E-state index contributed by atoms with van der Waals surface area (Å²) in [6, 6.07) is 10.9. The Labute approximate surface area is 148 Å². The lowest BCUT2D eigenvalue weighted by atomic mass is 10.2. The SMILES string of the molecule is CCCCOc1ccc(C(=O)Oc2ccccc2C(=O)O)cc1Br. The van der Waals surface area contributed by atoms with Crippen molar-refractivity contribution in [2.24, 2.45) is 0 Å². The zero-order valence-corrected chi connectivity index (χ0v) is 14.7. The van der Waals surface area contributed by atoms with Gasteiger partial charge in [0.25, 0.3) is 0 Å². The third kappa shape index (κ3) is 4.58.